The van der Waals surface area contributed by atoms with Crippen molar-refractivity contribution in [3.8, 4) is 5.75 Å². The fourth-order valence-electron chi connectivity index (χ4n) is 3.45. The van der Waals surface area contributed by atoms with Crippen LogP contribution in [0.5, 0.6) is 5.75 Å². The van der Waals surface area contributed by atoms with Crippen LogP contribution in [-0.2, 0) is 32.8 Å². The molecule has 3 rings (SSSR count). The summed E-state index contributed by atoms with van der Waals surface area (Å²) in [6, 6.07) is 24.1. The highest BCUT2D eigenvalue weighted by Crippen LogP contribution is 2.23. The summed E-state index contributed by atoms with van der Waals surface area (Å²) in [5.41, 5.74) is 3.22. The van der Waals surface area contributed by atoms with Gasteiger partial charge in [0.1, 0.15) is 12.4 Å². The summed E-state index contributed by atoms with van der Waals surface area (Å²) < 4.78 is 36.9. The molecular formula is C26H30N2O5S. The molecule has 0 fully saturated rings. The largest absolute Gasteiger partial charge is 0.489 e. The van der Waals surface area contributed by atoms with Gasteiger partial charge in [-0.1, -0.05) is 42.5 Å². The Bertz CT molecular complexity index is 1170. The van der Waals surface area contributed by atoms with Gasteiger partial charge in [0.25, 0.3) is 0 Å². The van der Waals surface area contributed by atoms with E-state index in [-0.39, 0.29) is 18.9 Å². The molecular weight excluding hydrogens is 452 g/mol. The van der Waals surface area contributed by atoms with Crippen LogP contribution in [-0.4, -0.2) is 34.2 Å². The molecule has 0 bridgehead atoms. The van der Waals surface area contributed by atoms with E-state index in [1.54, 1.807) is 37.4 Å². The van der Waals surface area contributed by atoms with Gasteiger partial charge in [0, 0.05) is 25.8 Å². The summed E-state index contributed by atoms with van der Waals surface area (Å²) in [5, 5.41) is 2.85. The second kappa shape index (κ2) is 12.2. The van der Waals surface area contributed by atoms with Crippen molar-refractivity contribution in [1.29, 1.82) is 0 Å². The van der Waals surface area contributed by atoms with Gasteiger partial charge < -0.3 is 14.8 Å². The zero-order chi connectivity index (χ0) is 24.4. The minimum atomic E-state index is -3.51. The zero-order valence-corrected chi connectivity index (χ0v) is 20.3. The molecule has 0 aliphatic carbocycles. The lowest BCUT2D eigenvalue weighted by molar-refractivity contribution is -0.116. The van der Waals surface area contributed by atoms with Gasteiger partial charge >= 0.3 is 0 Å². The number of benzene rings is 3. The van der Waals surface area contributed by atoms with E-state index in [0.29, 0.717) is 36.8 Å². The summed E-state index contributed by atoms with van der Waals surface area (Å²) in [6.07, 6.45) is 1.73. The van der Waals surface area contributed by atoms with Crippen LogP contribution in [0.3, 0.4) is 0 Å². The molecule has 180 valence electrons. The van der Waals surface area contributed by atoms with Crippen LogP contribution in [0.2, 0.25) is 0 Å². The van der Waals surface area contributed by atoms with Crippen molar-refractivity contribution in [3.05, 3.63) is 90.0 Å². The number of anilines is 2. The van der Waals surface area contributed by atoms with Crippen LogP contribution in [0.1, 0.15) is 24.0 Å². The molecule has 34 heavy (non-hydrogen) atoms. The minimum absolute atomic E-state index is 0.173. The number of sulfonamides is 1. The first-order valence-corrected chi connectivity index (χ1v) is 12.8. The molecule has 3 aromatic rings. The average Bonchev–Trinajstić information content (AvgIpc) is 2.81. The van der Waals surface area contributed by atoms with Crippen molar-refractivity contribution in [3.63, 3.8) is 0 Å². The number of methoxy groups -OCH3 is 1. The zero-order valence-electron chi connectivity index (χ0n) is 19.4. The predicted molar refractivity (Wildman–Crippen MR) is 134 cm³/mol. The molecule has 3 aromatic carbocycles. The Kier molecular flexibility index (Phi) is 9.07. The Balaban J connectivity index is 1.54. The number of hydrogen-bond acceptors (Lipinski definition) is 5. The summed E-state index contributed by atoms with van der Waals surface area (Å²) in [7, 11) is -1.89. The molecule has 0 aliphatic heterocycles. The van der Waals surface area contributed by atoms with Crippen LogP contribution in [0.25, 0.3) is 0 Å². The van der Waals surface area contributed by atoms with E-state index in [9.17, 15) is 13.2 Å². The first-order chi connectivity index (χ1) is 16.3. The molecule has 0 heterocycles. The molecule has 0 unspecified atom stereocenters. The first kappa shape index (κ1) is 25.3. The molecule has 1 N–H and O–H groups in total. The topological polar surface area (TPSA) is 84.9 Å². The van der Waals surface area contributed by atoms with Crippen LogP contribution in [0, 0.1) is 0 Å². The SMILES string of the molecule is COCc1cccc(NC(=O)CCCN(c2ccc(OCc3ccccc3)cc2)S(C)(=O)=O)c1. The van der Waals surface area contributed by atoms with E-state index >= 15 is 0 Å². The molecule has 1 amide bonds. The third kappa shape index (κ3) is 7.90. The number of hydrogen-bond donors (Lipinski definition) is 1. The molecule has 8 heteroatoms. The molecule has 0 saturated heterocycles. The molecule has 7 nitrogen and oxygen atoms in total. The number of rotatable bonds is 12. The van der Waals surface area contributed by atoms with Crippen molar-refractivity contribution >= 4 is 27.3 Å². The lowest BCUT2D eigenvalue weighted by atomic mass is 10.2. The minimum Gasteiger partial charge on any atom is -0.489 e. The van der Waals surface area contributed by atoms with E-state index < -0.39 is 10.0 Å². The number of amides is 1. The third-order valence-electron chi connectivity index (χ3n) is 5.06. The number of nitrogens with zero attached hydrogens (tertiary/aromatic N) is 1. The average molecular weight is 483 g/mol. The van der Waals surface area contributed by atoms with Crippen LogP contribution in [0.4, 0.5) is 11.4 Å². The van der Waals surface area contributed by atoms with E-state index in [2.05, 4.69) is 5.32 Å². The van der Waals surface area contributed by atoms with Crippen LogP contribution < -0.4 is 14.4 Å². The highest BCUT2D eigenvalue weighted by atomic mass is 32.2. The Morgan fingerprint density at radius 1 is 0.912 bits per heavy atom. The fraction of sp³-hybridized carbons (Fsp3) is 0.269. The van der Waals surface area contributed by atoms with Gasteiger partial charge in [-0.3, -0.25) is 9.10 Å². The van der Waals surface area contributed by atoms with Gasteiger partial charge in [-0.25, -0.2) is 8.42 Å². The van der Waals surface area contributed by atoms with Crippen molar-refractivity contribution in [2.24, 2.45) is 0 Å². The van der Waals surface area contributed by atoms with E-state index in [1.807, 2.05) is 48.5 Å². The number of nitrogens with one attached hydrogen (secondary N) is 1. The standard InChI is InChI=1S/C26H30N2O5S/c1-32-19-22-10-6-11-23(18-22)27-26(29)12-7-17-28(34(2,30)31)24-13-15-25(16-14-24)33-20-21-8-4-3-5-9-21/h3-6,8-11,13-16,18H,7,12,17,19-20H2,1-2H3,(H,27,29). The van der Waals surface area contributed by atoms with E-state index in [4.69, 9.17) is 9.47 Å². The fourth-order valence-corrected chi connectivity index (χ4v) is 4.41. The molecule has 0 saturated carbocycles. The van der Waals surface area contributed by atoms with Crippen molar-refractivity contribution in [2.45, 2.75) is 26.1 Å². The maximum absolute atomic E-state index is 12.4. The lowest BCUT2D eigenvalue weighted by Crippen LogP contribution is -2.31. The molecule has 0 aromatic heterocycles. The van der Waals surface area contributed by atoms with Crippen LogP contribution >= 0.6 is 0 Å². The van der Waals surface area contributed by atoms with Crippen molar-refractivity contribution in [2.75, 3.05) is 29.5 Å². The Hall–Kier alpha value is -3.36. The molecule has 0 atom stereocenters. The quantitative estimate of drug-likeness (QED) is 0.408. The van der Waals surface area contributed by atoms with Gasteiger partial charge in [0.2, 0.25) is 15.9 Å². The molecule has 0 spiro atoms. The molecule has 0 radical (unpaired) electrons. The van der Waals surface area contributed by atoms with Crippen molar-refractivity contribution < 1.29 is 22.7 Å². The maximum Gasteiger partial charge on any atom is 0.232 e. The van der Waals surface area contributed by atoms with E-state index in [1.165, 1.54) is 4.31 Å². The van der Waals surface area contributed by atoms with Gasteiger partial charge in [0.05, 0.1) is 18.6 Å². The second-order valence-corrected chi connectivity index (χ2v) is 9.80. The Labute approximate surface area is 201 Å². The van der Waals surface area contributed by atoms with E-state index in [0.717, 1.165) is 17.4 Å². The third-order valence-corrected chi connectivity index (χ3v) is 6.25. The van der Waals surface area contributed by atoms with Gasteiger partial charge in [-0.15, -0.1) is 0 Å². The predicted octanol–water partition coefficient (Wildman–Crippen LogP) is 4.60. The second-order valence-electron chi connectivity index (χ2n) is 7.89. The lowest BCUT2D eigenvalue weighted by Gasteiger charge is -2.22. The molecule has 0 aliphatic rings. The normalized spacial score (nSPS) is 11.1. The number of carbonyl (C=O) groups is 1. The Morgan fingerprint density at radius 3 is 2.29 bits per heavy atom. The smallest absolute Gasteiger partial charge is 0.232 e. The summed E-state index contributed by atoms with van der Waals surface area (Å²) in [6.45, 7) is 1.09. The first-order valence-electron chi connectivity index (χ1n) is 11.0. The van der Waals surface area contributed by atoms with Gasteiger partial charge in [-0.2, -0.15) is 0 Å². The highest BCUT2D eigenvalue weighted by molar-refractivity contribution is 7.92. The summed E-state index contributed by atoms with van der Waals surface area (Å²) >= 11 is 0. The maximum atomic E-state index is 12.4. The highest BCUT2D eigenvalue weighted by Gasteiger charge is 2.18. The van der Waals surface area contributed by atoms with Gasteiger partial charge in [0.15, 0.2) is 0 Å². The monoisotopic (exact) mass is 482 g/mol. The van der Waals surface area contributed by atoms with Crippen LogP contribution in [0.15, 0.2) is 78.9 Å². The number of ether oxygens (including phenoxy) is 2. The van der Waals surface area contributed by atoms with Crippen molar-refractivity contribution in [1.82, 2.24) is 0 Å². The van der Waals surface area contributed by atoms with Gasteiger partial charge in [-0.05, 0) is 53.9 Å². The Morgan fingerprint density at radius 2 is 1.62 bits per heavy atom. The number of carbonyl (C=O) groups excluding carboxylic acids is 1. The summed E-state index contributed by atoms with van der Waals surface area (Å²) in [5.74, 6) is 0.476. The summed E-state index contributed by atoms with van der Waals surface area (Å²) in [4.78, 5) is 12.4.